The summed E-state index contributed by atoms with van der Waals surface area (Å²) in [5.74, 6) is 0.170. The van der Waals surface area contributed by atoms with Gasteiger partial charge >= 0.3 is 7.82 Å². The molecule has 57 heavy (non-hydrogen) atoms. The normalized spacial score (nSPS) is 24.1. The topological polar surface area (TPSA) is 241 Å². The van der Waals surface area contributed by atoms with E-state index >= 15 is 0 Å². The van der Waals surface area contributed by atoms with Gasteiger partial charge in [0.15, 0.2) is 17.5 Å². The first-order valence-electron chi connectivity index (χ1n) is 20.4. The second-order valence-corrected chi connectivity index (χ2v) is 16.5. The quantitative estimate of drug-likeness (QED) is 0.0459. The zero-order valence-corrected chi connectivity index (χ0v) is 33.8. The highest BCUT2D eigenvalue weighted by molar-refractivity contribution is 7.47. The number of fused-ring (bicyclic) bond motifs is 2. The SMILES string of the molecule is CCCCCCCCCCCCCCCCCCOC[C@@H](COP(=O)(O)OC1[C@@]2(C#N)O[C@@H](c3ccc4c(N)ncnn34)[C@H](O)[C@@]12O)OCc1ccc(C#N)nc1. The van der Waals surface area contributed by atoms with E-state index in [2.05, 4.69) is 22.0 Å². The maximum Gasteiger partial charge on any atom is 0.472 e. The minimum atomic E-state index is -4.96. The van der Waals surface area contributed by atoms with Gasteiger partial charge in [0, 0.05) is 12.8 Å². The minimum absolute atomic E-state index is 0.0425. The minimum Gasteiger partial charge on any atom is -0.387 e. The number of aromatic nitrogens is 4. The Morgan fingerprint density at radius 2 is 1.60 bits per heavy atom. The van der Waals surface area contributed by atoms with E-state index in [9.17, 15) is 24.9 Å². The largest absolute Gasteiger partial charge is 0.472 e. The van der Waals surface area contributed by atoms with Gasteiger partial charge in [-0.2, -0.15) is 15.6 Å². The first-order chi connectivity index (χ1) is 27.6. The van der Waals surface area contributed by atoms with Gasteiger partial charge in [-0.1, -0.05) is 109 Å². The van der Waals surface area contributed by atoms with Gasteiger partial charge in [-0.15, -0.1) is 0 Å². The van der Waals surface area contributed by atoms with E-state index < -0.39 is 50.0 Å². The molecule has 17 heteroatoms. The van der Waals surface area contributed by atoms with Crippen LogP contribution in [-0.4, -0.2) is 84.0 Å². The van der Waals surface area contributed by atoms with E-state index in [1.807, 2.05) is 12.1 Å². The van der Waals surface area contributed by atoms with Crippen molar-refractivity contribution in [2.45, 2.75) is 152 Å². The number of nitrogens with two attached hydrogens (primary N) is 1. The van der Waals surface area contributed by atoms with Crippen molar-refractivity contribution < 1.29 is 42.9 Å². The molecule has 16 nitrogen and oxygen atoms in total. The number of phosphoric acid groups is 1. The molecular formula is C40H58N7O9P. The van der Waals surface area contributed by atoms with Crippen LogP contribution < -0.4 is 5.73 Å². The van der Waals surface area contributed by atoms with E-state index in [-0.39, 0.29) is 30.4 Å². The number of anilines is 1. The summed E-state index contributed by atoms with van der Waals surface area (Å²) >= 11 is 0. The first kappa shape index (κ1) is 44.6. The Morgan fingerprint density at radius 1 is 0.947 bits per heavy atom. The molecule has 312 valence electrons. The second-order valence-electron chi connectivity index (χ2n) is 15.1. The summed E-state index contributed by atoms with van der Waals surface area (Å²) in [5, 5.41) is 45.8. The van der Waals surface area contributed by atoms with Crippen LogP contribution in [0.5, 0.6) is 0 Å². The summed E-state index contributed by atoms with van der Waals surface area (Å²) in [4.78, 5) is 18.7. The molecule has 3 aromatic heterocycles. The Hall–Kier alpha value is -3.54. The van der Waals surface area contributed by atoms with Crippen LogP contribution in [0.15, 0.2) is 36.8 Å². The first-order valence-corrected chi connectivity index (χ1v) is 21.9. The number of hydrogen-bond donors (Lipinski definition) is 4. The number of hydrogen-bond acceptors (Lipinski definition) is 14. The zero-order chi connectivity index (χ0) is 40.7. The molecule has 2 fully saturated rings. The summed E-state index contributed by atoms with van der Waals surface area (Å²) in [6, 6.07) is 10.2. The fraction of sp³-hybridized carbons (Fsp3) is 0.675. The molecule has 5 N–H and O–H groups in total. The molecule has 1 saturated carbocycles. The lowest BCUT2D eigenvalue weighted by Gasteiger charge is -2.24. The molecule has 0 amide bonds. The van der Waals surface area contributed by atoms with E-state index in [1.54, 1.807) is 24.3 Å². The molecule has 0 radical (unpaired) electrons. The van der Waals surface area contributed by atoms with Crippen LogP contribution in [0.4, 0.5) is 5.82 Å². The van der Waals surface area contributed by atoms with Gasteiger partial charge in [0.05, 0.1) is 25.5 Å². The number of ether oxygens (including phenoxy) is 3. The fourth-order valence-electron chi connectivity index (χ4n) is 7.43. The highest BCUT2D eigenvalue weighted by atomic mass is 31.2. The molecule has 2 aliphatic rings. The Labute approximate surface area is 334 Å². The van der Waals surface area contributed by atoms with Crippen LogP contribution in [-0.2, 0) is 34.4 Å². The third-order valence-corrected chi connectivity index (χ3v) is 11.8. The molecule has 5 rings (SSSR count). The molecule has 3 aromatic rings. The van der Waals surface area contributed by atoms with Crippen molar-refractivity contribution in [3.05, 3.63) is 53.7 Å². The molecule has 7 atom stereocenters. The second kappa shape index (κ2) is 21.5. The summed E-state index contributed by atoms with van der Waals surface area (Å²) in [6.07, 6.45) is 17.4. The smallest absolute Gasteiger partial charge is 0.387 e. The van der Waals surface area contributed by atoms with Crippen molar-refractivity contribution in [3.8, 4) is 12.1 Å². The Kier molecular flexibility index (Phi) is 16.8. The number of rotatable bonds is 28. The fourth-order valence-corrected chi connectivity index (χ4v) is 8.42. The molecule has 2 unspecified atom stereocenters. The monoisotopic (exact) mass is 811 g/mol. The van der Waals surface area contributed by atoms with Crippen molar-refractivity contribution in [2.24, 2.45) is 0 Å². The maximum atomic E-state index is 13.2. The third kappa shape index (κ3) is 11.4. The molecule has 1 aliphatic heterocycles. The van der Waals surface area contributed by atoms with Crippen molar-refractivity contribution >= 4 is 19.2 Å². The molecule has 0 bridgehead atoms. The predicted molar refractivity (Wildman–Crippen MR) is 209 cm³/mol. The van der Waals surface area contributed by atoms with Gasteiger partial charge < -0.3 is 35.1 Å². The van der Waals surface area contributed by atoms with Crippen molar-refractivity contribution in [1.29, 1.82) is 10.5 Å². The van der Waals surface area contributed by atoms with Crippen LogP contribution in [0.2, 0.25) is 0 Å². The molecule has 0 spiro atoms. The van der Waals surface area contributed by atoms with Crippen LogP contribution in [0.25, 0.3) is 5.52 Å². The van der Waals surface area contributed by atoms with Crippen LogP contribution in [0.3, 0.4) is 0 Å². The number of phosphoric ester groups is 1. The summed E-state index contributed by atoms with van der Waals surface area (Å²) in [5.41, 5.74) is 2.99. The predicted octanol–water partition coefficient (Wildman–Crippen LogP) is 6.38. The number of unbranched alkanes of at least 4 members (excludes halogenated alkanes) is 15. The highest BCUT2D eigenvalue weighted by Crippen LogP contribution is 2.68. The maximum absolute atomic E-state index is 13.2. The van der Waals surface area contributed by atoms with E-state index in [1.165, 1.54) is 101 Å². The average molecular weight is 812 g/mol. The number of nitrogen functional groups attached to an aromatic ring is 1. The summed E-state index contributed by atoms with van der Waals surface area (Å²) in [7, 11) is -4.96. The Bertz CT molecular complexity index is 1840. The number of pyridine rings is 1. The summed E-state index contributed by atoms with van der Waals surface area (Å²) < 4.78 is 42.8. The van der Waals surface area contributed by atoms with Crippen molar-refractivity contribution in [3.63, 3.8) is 0 Å². The lowest BCUT2D eigenvalue weighted by Crippen LogP contribution is -2.35. The molecular weight excluding hydrogens is 753 g/mol. The van der Waals surface area contributed by atoms with E-state index in [0.717, 1.165) is 19.3 Å². The van der Waals surface area contributed by atoms with Crippen LogP contribution in [0.1, 0.15) is 133 Å². The third-order valence-electron chi connectivity index (χ3n) is 10.8. The van der Waals surface area contributed by atoms with Gasteiger partial charge in [0.25, 0.3) is 0 Å². The Balaban J connectivity index is 1.04. The van der Waals surface area contributed by atoms with Crippen LogP contribution >= 0.6 is 7.82 Å². The molecule has 1 saturated heterocycles. The summed E-state index contributed by atoms with van der Waals surface area (Å²) in [6.45, 7) is 2.38. The lowest BCUT2D eigenvalue weighted by atomic mass is 10.0. The number of nitrogens with zero attached hydrogens (tertiary/aromatic N) is 6. The standard InChI is InChI=1S/C40H58N7O9P/c1-2-3-4-5-6-7-8-9-10-11-12-13-14-15-16-17-22-52-26-32(53-25-30-18-19-31(23-41)44-24-30)27-54-57(50,51)56-38-39(28-42)40(38,49)36(48)35(55-39)33-20-21-34-37(43)45-29-46-47(33)34/h18-21,24,29,32,35-36,38,48-49H,2-17,22,25-27H2,1H3,(H,50,51)(H2,43,45,46)/t32-,35-,36-,38?,39+,40+/m0/s1. The van der Waals surface area contributed by atoms with E-state index in [0.29, 0.717) is 17.7 Å². The zero-order valence-electron chi connectivity index (χ0n) is 32.9. The molecule has 4 heterocycles. The van der Waals surface area contributed by atoms with Crippen molar-refractivity contribution in [2.75, 3.05) is 25.6 Å². The van der Waals surface area contributed by atoms with Gasteiger partial charge in [-0.05, 0) is 30.2 Å². The number of nitriles is 2. The average Bonchev–Trinajstić information content (AvgIpc) is 3.44. The molecule has 0 aromatic carbocycles. The molecule has 1 aliphatic carbocycles. The highest BCUT2D eigenvalue weighted by Gasteiger charge is 2.90. The number of aliphatic hydroxyl groups is 2. The van der Waals surface area contributed by atoms with Gasteiger partial charge in [-0.3, -0.25) is 9.05 Å². The van der Waals surface area contributed by atoms with E-state index in [4.69, 9.17) is 34.3 Å². The Morgan fingerprint density at radius 3 is 2.18 bits per heavy atom. The van der Waals surface area contributed by atoms with Gasteiger partial charge in [-0.25, -0.2) is 19.0 Å². The number of aliphatic hydroxyl groups excluding tert-OH is 1. The lowest BCUT2D eigenvalue weighted by molar-refractivity contribution is -0.0795. The van der Waals surface area contributed by atoms with Gasteiger partial charge in [0.2, 0.25) is 5.60 Å². The van der Waals surface area contributed by atoms with Crippen molar-refractivity contribution in [1.82, 2.24) is 19.6 Å². The van der Waals surface area contributed by atoms with Gasteiger partial charge in [0.1, 0.15) is 48.0 Å². The van der Waals surface area contributed by atoms with Crippen LogP contribution in [0, 0.1) is 22.7 Å².